The SMILES string of the molecule is O=C(OC1C[C@H]2CCC[C@H]2C1)c1ccc(-c2ccccc2)cc1. The summed E-state index contributed by atoms with van der Waals surface area (Å²) in [5.74, 6) is 1.43. The van der Waals surface area contributed by atoms with E-state index in [0.29, 0.717) is 5.56 Å². The fourth-order valence-electron chi connectivity index (χ4n) is 4.25. The third-order valence-electron chi connectivity index (χ3n) is 5.45. The van der Waals surface area contributed by atoms with Crippen molar-refractivity contribution in [2.24, 2.45) is 11.8 Å². The number of hydrogen-bond acceptors (Lipinski definition) is 2. The molecule has 1 unspecified atom stereocenters. The van der Waals surface area contributed by atoms with Gasteiger partial charge in [-0.2, -0.15) is 0 Å². The Morgan fingerprint density at radius 2 is 1.43 bits per heavy atom. The van der Waals surface area contributed by atoms with Crippen LogP contribution in [-0.2, 0) is 4.74 Å². The van der Waals surface area contributed by atoms with Gasteiger partial charge in [0.15, 0.2) is 0 Å². The van der Waals surface area contributed by atoms with E-state index in [-0.39, 0.29) is 12.1 Å². The second-order valence-corrected chi connectivity index (χ2v) is 6.89. The predicted octanol–water partition coefficient (Wildman–Crippen LogP) is 5.09. The number of ether oxygens (including phenoxy) is 1. The Morgan fingerprint density at radius 1 is 0.826 bits per heavy atom. The summed E-state index contributed by atoms with van der Waals surface area (Å²) in [6, 6.07) is 17.9. The molecular formula is C21H22O2. The first-order valence-corrected chi connectivity index (χ1v) is 8.66. The lowest BCUT2D eigenvalue weighted by Gasteiger charge is -2.13. The van der Waals surface area contributed by atoms with Crippen molar-refractivity contribution in [2.75, 3.05) is 0 Å². The molecule has 2 aliphatic rings. The summed E-state index contributed by atoms with van der Waals surface area (Å²) in [6.45, 7) is 0. The molecule has 2 fully saturated rings. The van der Waals surface area contributed by atoms with E-state index in [2.05, 4.69) is 12.1 Å². The first-order valence-electron chi connectivity index (χ1n) is 8.66. The van der Waals surface area contributed by atoms with Crippen molar-refractivity contribution in [3.63, 3.8) is 0 Å². The first-order chi connectivity index (χ1) is 11.3. The van der Waals surface area contributed by atoms with Gasteiger partial charge in [-0.05, 0) is 47.9 Å². The number of rotatable bonds is 3. The summed E-state index contributed by atoms with van der Waals surface area (Å²) >= 11 is 0. The molecule has 0 saturated heterocycles. The van der Waals surface area contributed by atoms with E-state index in [0.717, 1.165) is 35.8 Å². The van der Waals surface area contributed by atoms with E-state index in [4.69, 9.17) is 4.74 Å². The highest BCUT2D eigenvalue weighted by atomic mass is 16.5. The molecular weight excluding hydrogens is 284 g/mol. The van der Waals surface area contributed by atoms with Crippen LogP contribution >= 0.6 is 0 Å². The fraction of sp³-hybridized carbons (Fsp3) is 0.381. The predicted molar refractivity (Wildman–Crippen MR) is 91.1 cm³/mol. The lowest BCUT2D eigenvalue weighted by atomic mass is 10.0. The van der Waals surface area contributed by atoms with Gasteiger partial charge in [0.1, 0.15) is 6.10 Å². The van der Waals surface area contributed by atoms with Gasteiger partial charge >= 0.3 is 5.97 Å². The lowest BCUT2D eigenvalue weighted by Crippen LogP contribution is -2.16. The van der Waals surface area contributed by atoms with Crippen molar-refractivity contribution in [3.05, 3.63) is 60.2 Å². The number of hydrogen-bond donors (Lipinski definition) is 0. The van der Waals surface area contributed by atoms with Crippen molar-refractivity contribution >= 4 is 5.97 Å². The van der Waals surface area contributed by atoms with E-state index in [1.54, 1.807) is 0 Å². The van der Waals surface area contributed by atoms with Crippen LogP contribution in [0.15, 0.2) is 54.6 Å². The minimum Gasteiger partial charge on any atom is -0.459 e. The van der Waals surface area contributed by atoms with Gasteiger partial charge in [0.25, 0.3) is 0 Å². The summed E-state index contributed by atoms with van der Waals surface area (Å²) in [5, 5.41) is 0. The van der Waals surface area contributed by atoms with Crippen molar-refractivity contribution in [1.29, 1.82) is 0 Å². The van der Waals surface area contributed by atoms with Crippen LogP contribution in [0, 0.1) is 11.8 Å². The number of carbonyl (C=O) groups is 1. The van der Waals surface area contributed by atoms with Crippen molar-refractivity contribution in [1.82, 2.24) is 0 Å². The van der Waals surface area contributed by atoms with Crippen LogP contribution in [0.1, 0.15) is 42.5 Å². The molecule has 2 heteroatoms. The zero-order chi connectivity index (χ0) is 15.6. The highest BCUT2D eigenvalue weighted by molar-refractivity contribution is 5.90. The van der Waals surface area contributed by atoms with Crippen LogP contribution in [0.5, 0.6) is 0 Å². The monoisotopic (exact) mass is 306 g/mol. The average molecular weight is 306 g/mol. The van der Waals surface area contributed by atoms with Gasteiger partial charge in [-0.1, -0.05) is 61.7 Å². The number of benzene rings is 2. The Morgan fingerprint density at radius 3 is 2.09 bits per heavy atom. The van der Waals surface area contributed by atoms with Gasteiger partial charge in [-0.15, -0.1) is 0 Å². The maximum Gasteiger partial charge on any atom is 0.338 e. The van der Waals surface area contributed by atoms with E-state index >= 15 is 0 Å². The molecule has 0 N–H and O–H groups in total. The summed E-state index contributed by atoms with van der Waals surface area (Å²) in [7, 11) is 0. The van der Waals surface area contributed by atoms with E-state index < -0.39 is 0 Å². The van der Waals surface area contributed by atoms with Crippen LogP contribution in [0.3, 0.4) is 0 Å². The first kappa shape index (κ1) is 14.5. The zero-order valence-corrected chi connectivity index (χ0v) is 13.3. The Balaban J connectivity index is 1.41. The van der Waals surface area contributed by atoms with Crippen LogP contribution in [0.4, 0.5) is 0 Å². The van der Waals surface area contributed by atoms with Crippen molar-refractivity contribution in [2.45, 2.75) is 38.2 Å². The van der Waals surface area contributed by atoms with Gasteiger partial charge in [0.05, 0.1) is 5.56 Å². The molecule has 0 bridgehead atoms. The third kappa shape index (κ3) is 3.03. The minimum absolute atomic E-state index is 0.131. The molecule has 118 valence electrons. The molecule has 0 spiro atoms. The number of fused-ring (bicyclic) bond motifs is 1. The Kier molecular flexibility index (Phi) is 3.90. The Labute approximate surface area is 137 Å². The summed E-state index contributed by atoms with van der Waals surface area (Å²) < 4.78 is 5.74. The molecule has 2 nitrogen and oxygen atoms in total. The molecule has 0 radical (unpaired) electrons. The topological polar surface area (TPSA) is 26.3 Å². The van der Waals surface area contributed by atoms with Gasteiger partial charge in [0.2, 0.25) is 0 Å². The minimum atomic E-state index is -0.172. The Hall–Kier alpha value is -2.09. The maximum atomic E-state index is 12.3. The summed E-state index contributed by atoms with van der Waals surface area (Å²) in [5.41, 5.74) is 2.94. The van der Waals surface area contributed by atoms with Crippen LogP contribution in [0.25, 0.3) is 11.1 Å². The molecule has 2 aromatic rings. The van der Waals surface area contributed by atoms with Crippen LogP contribution in [-0.4, -0.2) is 12.1 Å². The Bertz CT molecular complexity index is 663. The third-order valence-corrected chi connectivity index (χ3v) is 5.45. The highest BCUT2D eigenvalue weighted by Gasteiger charge is 2.38. The van der Waals surface area contributed by atoms with Gasteiger partial charge < -0.3 is 4.74 Å². The van der Waals surface area contributed by atoms with E-state index in [1.165, 1.54) is 19.3 Å². The smallest absolute Gasteiger partial charge is 0.338 e. The van der Waals surface area contributed by atoms with Gasteiger partial charge in [-0.25, -0.2) is 4.79 Å². The molecule has 0 amide bonds. The second-order valence-electron chi connectivity index (χ2n) is 6.89. The van der Waals surface area contributed by atoms with Crippen molar-refractivity contribution in [3.8, 4) is 11.1 Å². The summed E-state index contributed by atoms with van der Waals surface area (Å²) in [6.07, 6.45) is 6.27. The fourth-order valence-corrected chi connectivity index (χ4v) is 4.25. The second kappa shape index (κ2) is 6.19. The zero-order valence-electron chi connectivity index (χ0n) is 13.3. The van der Waals surface area contributed by atoms with Crippen molar-refractivity contribution < 1.29 is 9.53 Å². The standard InChI is InChI=1S/C21H22O2/c22-21(23-20-13-18-7-4-8-19(18)14-20)17-11-9-16(10-12-17)15-5-2-1-3-6-15/h1-3,5-6,9-12,18-20H,4,7-8,13-14H2/t18-,19+,20?. The molecule has 0 aliphatic heterocycles. The van der Waals surface area contributed by atoms with Gasteiger partial charge in [0, 0.05) is 0 Å². The molecule has 4 rings (SSSR count). The van der Waals surface area contributed by atoms with E-state index in [1.807, 2.05) is 42.5 Å². The molecule has 23 heavy (non-hydrogen) atoms. The summed E-state index contributed by atoms with van der Waals surface area (Å²) in [4.78, 5) is 12.3. The molecule has 3 atom stereocenters. The molecule has 0 heterocycles. The number of esters is 1. The van der Waals surface area contributed by atoms with Crippen LogP contribution in [0.2, 0.25) is 0 Å². The molecule has 0 aromatic heterocycles. The quantitative estimate of drug-likeness (QED) is 0.738. The molecule has 2 aliphatic carbocycles. The number of carbonyl (C=O) groups excluding carboxylic acids is 1. The highest BCUT2D eigenvalue weighted by Crippen LogP contribution is 2.45. The molecule has 2 aromatic carbocycles. The van der Waals surface area contributed by atoms with Crippen LogP contribution < -0.4 is 0 Å². The largest absolute Gasteiger partial charge is 0.459 e. The normalized spacial score (nSPS) is 26.0. The average Bonchev–Trinajstić information content (AvgIpc) is 3.17. The lowest BCUT2D eigenvalue weighted by molar-refractivity contribution is 0.0299. The molecule has 2 saturated carbocycles. The maximum absolute atomic E-state index is 12.3. The van der Waals surface area contributed by atoms with Gasteiger partial charge in [-0.3, -0.25) is 0 Å². The van der Waals surface area contributed by atoms with E-state index in [9.17, 15) is 4.79 Å².